The van der Waals surface area contributed by atoms with Crippen LogP contribution in [0, 0.1) is 12.8 Å². The fraction of sp³-hybridized carbons (Fsp3) is 0.667. The summed E-state index contributed by atoms with van der Waals surface area (Å²) >= 11 is 6.02. The Morgan fingerprint density at radius 2 is 2.09 bits per heavy atom. The molecule has 22 heavy (non-hydrogen) atoms. The highest BCUT2D eigenvalue weighted by Gasteiger charge is 2.30. The van der Waals surface area contributed by atoms with Crippen LogP contribution in [0.3, 0.4) is 0 Å². The minimum absolute atomic E-state index is 0.0286. The minimum Gasteiger partial charge on any atom is -0.378 e. The fourth-order valence-electron chi connectivity index (χ4n) is 3.11. The van der Waals surface area contributed by atoms with E-state index in [1.165, 1.54) is 0 Å². The lowest BCUT2D eigenvalue weighted by Crippen LogP contribution is -2.48. The topological polar surface area (TPSA) is 58.6 Å². The van der Waals surface area contributed by atoms with Crippen LogP contribution in [-0.4, -0.2) is 60.2 Å². The van der Waals surface area contributed by atoms with Gasteiger partial charge in [0.05, 0.1) is 19.1 Å². The molecule has 2 fully saturated rings. The Bertz CT molecular complexity index is 528. The zero-order chi connectivity index (χ0) is 15.5. The van der Waals surface area contributed by atoms with Crippen molar-refractivity contribution in [2.45, 2.75) is 19.8 Å². The van der Waals surface area contributed by atoms with E-state index in [1.807, 2.05) is 11.8 Å². The van der Waals surface area contributed by atoms with Gasteiger partial charge in [-0.1, -0.05) is 11.6 Å². The average molecular weight is 325 g/mol. The molecule has 2 saturated heterocycles. The molecule has 1 aromatic rings. The molecule has 0 aromatic carbocycles. The number of carbonyl (C=O) groups excluding carboxylic acids is 1. The molecule has 3 rings (SSSR count). The molecule has 0 N–H and O–H groups in total. The maximum absolute atomic E-state index is 12.6. The van der Waals surface area contributed by atoms with Crippen LogP contribution >= 0.6 is 11.6 Å². The Hall–Kier alpha value is -1.40. The summed E-state index contributed by atoms with van der Waals surface area (Å²) in [6, 6.07) is 1.77. The van der Waals surface area contributed by atoms with Crippen LogP contribution in [-0.2, 0) is 9.53 Å². The molecule has 1 unspecified atom stereocenters. The third-order valence-corrected chi connectivity index (χ3v) is 4.40. The third kappa shape index (κ3) is 3.50. The largest absolute Gasteiger partial charge is 0.378 e. The molecular formula is C15H21ClN4O2. The summed E-state index contributed by atoms with van der Waals surface area (Å²) in [5, 5.41) is 0.448. The number of amides is 1. The third-order valence-electron chi connectivity index (χ3n) is 4.21. The summed E-state index contributed by atoms with van der Waals surface area (Å²) in [6.07, 6.45) is 1.92. The Morgan fingerprint density at radius 3 is 2.82 bits per heavy atom. The monoisotopic (exact) mass is 324 g/mol. The van der Waals surface area contributed by atoms with Gasteiger partial charge in [-0.05, 0) is 19.8 Å². The van der Waals surface area contributed by atoms with E-state index < -0.39 is 0 Å². The molecule has 2 aliphatic rings. The van der Waals surface area contributed by atoms with E-state index in [9.17, 15) is 4.79 Å². The molecule has 6 nitrogen and oxygen atoms in total. The zero-order valence-electron chi connectivity index (χ0n) is 12.8. The van der Waals surface area contributed by atoms with Gasteiger partial charge in [-0.25, -0.2) is 9.97 Å². The van der Waals surface area contributed by atoms with Crippen LogP contribution in [0.25, 0.3) is 0 Å². The molecule has 1 atom stereocenters. The van der Waals surface area contributed by atoms with Gasteiger partial charge in [0.25, 0.3) is 0 Å². The summed E-state index contributed by atoms with van der Waals surface area (Å²) in [5.74, 6) is 1.74. The van der Waals surface area contributed by atoms with Crippen molar-refractivity contribution in [3.05, 3.63) is 17.0 Å². The molecule has 7 heteroatoms. The van der Waals surface area contributed by atoms with Crippen molar-refractivity contribution >= 4 is 23.3 Å². The van der Waals surface area contributed by atoms with Crippen LogP contribution in [0.2, 0.25) is 5.15 Å². The fourth-order valence-corrected chi connectivity index (χ4v) is 3.33. The lowest BCUT2D eigenvalue weighted by atomic mass is 9.96. The van der Waals surface area contributed by atoms with Crippen LogP contribution in [0.4, 0.5) is 5.82 Å². The van der Waals surface area contributed by atoms with E-state index in [1.54, 1.807) is 6.07 Å². The highest BCUT2D eigenvalue weighted by atomic mass is 35.5. The maximum atomic E-state index is 12.6. The first-order valence-electron chi connectivity index (χ1n) is 7.76. The SMILES string of the molecule is Cc1nc(Cl)cc(N2CCCC(C(=O)N3CCOCC3)C2)n1. The second-order valence-electron chi connectivity index (χ2n) is 5.82. The van der Waals surface area contributed by atoms with Crippen molar-refractivity contribution in [1.29, 1.82) is 0 Å². The Morgan fingerprint density at radius 1 is 1.32 bits per heavy atom. The molecule has 1 aromatic heterocycles. The van der Waals surface area contributed by atoms with E-state index in [0.717, 1.165) is 25.2 Å². The number of carbonyl (C=O) groups is 1. The van der Waals surface area contributed by atoms with E-state index >= 15 is 0 Å². The second kappa shape index (κ2) is 6.79. The van der Waals surface area contributed by atoms with Crippen molar-refractivity contribution in [3.8, 4) is 0 Å². The van der Waals surface area contributed by atoms with Gasteiger partial charge < -0.3 is 14.5 Å². The zero-order valence-corrected chi connectivity index (χ0v) is 13.6. The van der Waals surface area contributed by atoms with Crippen LogP contribution < -0.4 is 4.90 Å². The summed E-state index contributed by atoms with van der Waals surface area (Å²) in [4.78, 5) is 25.3. The first kappa shape index (κ1) is 15.5. The number of ether oxygens (including phenoxy) is 1. The molecule has 120 valence electrons. The van der Waals surface area contributed by atoms with E-state index in [0.29, 0.717) is 43.8 Å². The highest BCUT2D eigenvalue weighted by Crippen LogP contribution is 2.25. The maximum Gasteiger partial charge on any atom is 0.227 e. The highest BCUT2D eigenvalue weighted by molar-refractivity contribution is 6.29. The Kier molecular flexibility index (Phi) is 4.78. The molecular weight excluding hydrogens is 304 g/mol. The lowest BCUT2D eigenvalue weighted by Gasteiger charge is -2.36. The number of hydrogen-bond acceptors (Lipinski definition) is 5. The van der Waals surface area contributed by atoms with E-state index in [-0.39, 0.29) is 11.8 Å². The molecule has 0 radical (unpaired) electrons. The summed E-state index contributed by atoms with van der Waals surface area (Å²) < 4.78 is 5.32. The molecule has 1 amide bonds. The molecule has 0 spiro atoms. The smallest absolute Gasteiger partial charge is 0.227 e. The quantitative estimate of drug-likeness (QED) is 0.772. The van der Waals surface area contributed by atoms with Crippen LogP contribution in [0.15, 0.2) is 6.07 Å². The van der Waals surface area contributed by atoms with Crippen LogP contribution in [0.1, 0.15) is 18.7 Å². The van der Waals surface area contributed by atoms with Gasteiger partial charge in [-0.3, -0.25) is 4.79 Å². The van der Waals surface area contributed by atoms with Crippen LogP contribution in [0.5, 0.6) is 0 Å². The molecule has 0 saturated carbocycles. The summed E-state index contributed by atoms with van der Waals surface area (Å²) in [6.45, 7) is 6.12. The van der Waals surface area contributed by atoms with Crippen molar-refractivity contribution in [3.63, 3.8) is 0 Å². The van der Waals surface area contributed by atoms with Gasteiger partial charge in [0, 0.05) is 32.2 Å². The van der Waals surface area contributed by atoms with E-state index in [2.05, 4.69) is 14.9 Å². The first-order chi connectivity index (χ1) is 10.6. The summed E-state index contributed by atoms with van der Waals surface area (Å²) in [7, 11) is 0. The lowest BCUT2D eigenvalue weighted by molar-refractivity contribution is -0.139. The number of hydrogen-bond donors (Lipinski definition) is 0. The Labute approximate surface area is 135 Å². The average Bonchev–Trinajstić information content (AvgIpc) is 2.54. The second-order valence-corrected chi connectivity index (χ2v) is 6.21. The van der Waals surface area contributed by atoms with Gasteiger partial charge in [-0.2, -0.15) is 0 Å². The van der Waals surface area contributed by atoms with Gasteiger partial charge in [0.15, 0.2) is 0 Å². The molecule has 3 heterocycles. The number of anilines is 1. The van der Waals surface area contributed by atoms with Gasteiger partial charge in [-0.15, -0.1) is 0 Å². The molecule has 0 aliphatic carbocycles. The summed E-state index contributed by atoms with van der Waals surface area (Å²) in [5.41, 5.74) is 0. The van der Waals surface area contributed by atoms with Gasteiger partial charge in [0.2, 0.25) is 5.91 Å². The molecule has 2 aliphatic heterocycles. The number of rotatable bonds is 2. The standard InChI is InChI=1S/C15H21ClN4O2/c1-11-17-13(16)9-14(18-11)20-4-2-3-12(10-20)15(21)19-5-7-22-8-6-19/h9,12H,2-8,10H2,1H3. The van der Waals surface area contributed by atoms with Gasteiger partial charge in [0.1, 0.15) is 16.8 Å². The number of aryl methyl sites for hydroxylation is 1. The van der Waals surface area contributed by atoms with Crippen molar-refractivity contribution in [2.75, 3.05) is 44.3 Å². The van der Waals surface area contributed by atoms with Crippen molar-refractivity contribution in [1.82, 2.24) is 14.9 Å². The predicted octanol–water partition coefficient (Wildman–Crippen LogP) is 1.51. The van der Waals surface area contributed by atoms with Crippen molar-refractivity contribution in [2.24, 2.45) is 5.92 Å². The predicted molar refractivity (Wildman–Crippen MR) is 84.1 cm³/mol. The first-order valence-corrected chi connectivity index (χ1v) is 8.14. The number of aromatic nitrogens is 2. The normalized spacial score (nSPS) is 22.7. The number of halogens is 1. The Balaban J connectivity index is 1.69. The van der Waals surface area contributed by atoms with E-state index in [4.69, 9.17) is 16.3 Å². The van der Waals surface area contributed by atoms with Gasteiger partial charge >= 0.3 is 0 Å². The minimum atomic E-state index is 0.0286. The van der Waals surface area contributed by atoms with Crippen molar-refractivity contribution < 1.29 is 9.53 Å². The number of nitrogens with zero attached hydrogens (tertiary/aromatic N) is 4. The molecule has 0 bridgehead atoms. The number of morpholine rings is 1. The number of piperidine rings is 1.